The molecule has 0 bridgehead atoms. The van der Waals surface area contributed by atoms with Gasteiger partial charge in [-0.3, -0.25) is 0 Å². The molecule has 1 aromatic heterocycles. The molecule has 0 saturated heterocycles. The number of ether oxygens (including phenoxy) is 2. The Bertz CT molecular complexity index is 565. The van der Waals surface area contributed by atoms with Crippen LogP contribution in [0.4, 0.5) is 0 Å². The molecule has 19 heavy (non-hydrogen) atoms. The SMILES string of the molecule is CCOc1c(OC)nc(C)nc1-c1ccc(C)cc1. The van der Waals surface area contributed by atoms with Gasteiger partial charge in [-0.2, -0.15) is 4.98 Å². The largest absolute Gasteiger partial charge is 0.487 e. The van der Waals surface area contributed by atoms with Gasteiger partial charge in [-0.1, -0.05) is 29.8 Å². The van der Waals surface area contributed by atoms with E-state index in [1.807, 2.05) is 26.0 Å². The molecule has 1 heterocycles. The Labute approximate surface area is 113 Å². The Balaban J connectivity index is 2.59. The van der Waals surface area contributed by atoms with Crippen LogP contribution < -0.4 is 9.47 Å². The zero-order valence-electron chi connectivity index (χ0n) is 11.7. The maximum Gasteiger partial charge on any atom is 0.260 e. The van der Waals surface area contributed by atoms with Crippen molar-refractivity contribution in [3.63, 3.8) is 0 Å². The number of aromatic nitrogens is 2. The lowest BCUT2D eigenvalue weighted by molar-refractivity contribution is 0.303. The Hall–Kier alpha value is -2.10. The minimum Gasteiger partial charge on any atom is -0.487 e. The summed E-state index contributed by atoms with van der Waals surface area (Å²) in [6.45, 7) is 6.37. The lowest BCUT2D eigenvalue weighted by Crippen LogP contribution is -2.03. The van der Waals surface area contributed by atoms with Crippen LogP contribution >= 0.6 is 0 Å². The van der Waals surface area contributed by atoms with E-state index in [1.165, 1.54) is 5.56 Å². The van der Waals surface area contributed by atoms with Crippen LogP contribution in [-0.4, -0.2) is 23.7 Å². The van der Waals surface area contributed by atoms with E-state index in [2.05, 4.69) is 29.0 Å². The van der Waals surface area contributed by atoms with E-state index < -0.39 is 0 Å². The fourth-order valence-corrected chi connectivity index (χ4v) is 1.86. The summed E-state index contributed by atoms with van der Waals surface area (Å²) in [5, 5.41) is 0. The monoisotopic (exact) mass is 258 g/mol. The Morgan fingerprint density at radius 2 is 1.74 bits per heavy atom. The van der Waals surface area contributed by atoms with E-state index in [0.717, 1.165) is 11.3 Å². The van der Waals surface area contributed by atoms with Crippen molar-refractivity contribution >= 4 is 0 Å². The summed E-state index contributed by atoms with van der Waals surface area (Å²) in [7, 11) is 1.59. The van der Waals surface area contributed by atoms with Gasteiger partial charge in [0.05, 0.1) is 13.7 Å². The summed E-state index contributed by atoms with van der Waals surface area (Å²) >= 11 is 0. The molecule has 0 N–H and O–H groups in total. The van der Waals surface area contributed by atoms with Gasteiger partial charge in [0, 0.05) is 5.56 Å². The van der Waals surface area contributed by atoms with Crippen LogP contribution in [0.2, 0.25) is 0 Å². The van der Waals surface area contributed by atoms with E-state index in [1.54, 1.807) is 7.11 Å². The molecular formula is C15H18N2O2. The number of hydrogen-bond donors (Lipinski definition) is 0. The number of rotatable bonds is 4. The molecule has 0 amide bonds. The van der Waals surface area contributed by atoms with Crippen molar-refractivity contribution in [3.8, 4) is 22.9 Å². The molecule has 2 rings (SSSR count). The maximum atomic E-state index is 5.65. The van der Waals surface area contributed by atoms with Crippen molar-refractivity contribution in [3.05, 3.63) is 35.7 Å². The first-order chi connectivity index (χ1) is 9.15. The lowest BCUT2D eigenvalue weighted by atomic mass is 10.1. The van der Waals surface area contributed by atoms with Gasteiger partial charge in [0.25, 0.3) is 5.88 Å². The first kappa shape index (κ1) is 13.3. The standard InChI is InChI=1S/C15H18N2O2/c1-5-19-14-13(12-8-6-10(2)7-9-12)16-11(3)17-15(14)18-4/h6-9H,5H2,1-4H3. The Kier molecular flexibility index (Phi) is 4.00. The summed E-state index contributed by atoms with van der Waals surface area (Å²) in [4.78, 5) is 8.74. The van der Waals surface area contributed by atoms with Crippen LogP contribution in [0.3, 0.4) is 0 Å². The molecule has 2 aromatic rings. The molecule has 0 fully saturated rings. The third-order valence-corrected chi connectivity index (χ3v) is 2.75. The zero-order chi connectivity index (χ0) is 13.8. The predicted molar refractivity (Wildman–Crippen MR) is 74.7 cm³/mol. The molecule has 4 heteroatoms. The molecule has 0 aliphatic carbocycles. The van der Waals surface area contributed by atoms with E-state index in [-0.39, 0.29) is 0 Å². The normalized spacial score (nSPS) is 10.3. The van der Waals surface area contributed by atoms with E-state index in [9.17, 15) is 0 Å². The number of aryl methyl sites for hydroxylation is 2. The molecule has 0 aliphatic rings. The number of hydrogen-bond acceptors (Lipinski definition) is 4. The zero-order valence-corrected chi connectivity index (χ0v) is 11.7. The van der Waals surface area contributed by atoms with Gasteiger partial charge in [-0.15, -0.1) is 0 Å². The molecule has 1 aromatic carbocycles. The minimum absolute atomic E-state index is 0.477. The van der Waals surface area contributed by atoms with Gasteiger partial charge in [-0.25, -0.2) is 4.98 Å². The smallest absolute Gasteiger partial charge is 0.260 e. The highest BCUT2D eigenvalue weighted by molar-refractivity contribution is 5.69. The highest BCUT2D eigenvalue weighted by Gasteiger charge is 2.16. The third kappa shape index (κ3) is 2.84. The summed E-state index contributed by atoms with van der Waals surface area (Å²) in [6.07, 6.45) is 0. The average Bonchev–Trinajstić information content (AvgIpc) is 2.41. The van der Waals surface area contributed by atoms with Gasteiger partial charge < -0.3 is 9.47 Å². The molecule has 0 radical (unpaired) electrons. The molecule has 4 nitrogen and oxygen atoms in total. The molecule has 0 atom stereocenters. The van der Waals surface area contributed by atoms with E-state index in [0.29, 0.717) is 24.1 Å². The van der Waals surface area contributed by atoms with Gasteiger partial charge in [-0.05, 0) is 20.8 Å². The Morgan fingerprint density at radius 3 is 2.32 bits per heavy atom. The second-order valence-corrected chi connectivity index (χ2v) is 4.26. The molecule has 100 valence electrons. The molecule has 0 aliphatic heterocycles. The fourth-order valence-electron chi connectivity index (χ4n) is 1.86. The van der Waals surface area contributed by atoms with E-state index in [4.69, 9.17) is 9.47 Å². The maximum absolute atomic E-state index is 5.65. The van der Waals surface area contributed by atoms with Crippen molar-refractivity contribution in [1.82, 2.24) is 9.97 Å². The predicted octanol–water partition coefficient (Wildman–Crippen LogP) is 3.17. The highest BCUT2D eigenvalue weighted by Crippen LogP contribution is 2.35. The van der Waals surface area contributed by atoms with Crippen LogP contribution in [-0.2, 0) is 0 Å². The van der Waals surface area contributed by atoms with Gasteiger partial charge in [0.1, 0.15) is 11.5 Å². The summed E-state index contributed by atoms with van der Waals surface area (Å²) in [5.74, 6) is 1.74. The van der Waals surface area contributed by atoms with Crippen LogP contribution in [0, 0.1) is 13.8 Å². The van der Waals surface area contributed by atoms with Crippen LogP contribution in [0.15, 0.2) is 24.3 Å². The number of nitrogens with zero attached hydrogens (tertiary/aromatic N) is 2. The van der Waals surface area contributed by atoms with Crippen LogP contribution in [0.1, 0.15) is 18.3 Å². The van der Waals surface area contributed by atoms with Crippen LogP contribution in [0.5, 0.6) is 11.6 Å². The Morgan fingerprint density at radius 1 is 1.05 bits per heavy atom. The van der Waals surface area contributed by atoms with Gasteiger partial charge >= 0.3 is 0 Å². The summed E-state index contributed by atoms with van der Waals surface area (Å²) in [6, 6.07) is 8.15. The molecule has 0 saturated carbocycles. The first-order valence-electron chi connectivity index (χ1n) is 6.28. The van der Waals surface area contributed by atoms with Crippen molar-refractivity contribution in [2.45, 2.75) is 20.8 Å². The van der Waals surface area contributed by atoms with Gasteiger partial charge in [0.15, 0.2) is 0 Å². The highest BCUT2D eigenvalue weighted by atomic mass is 16.5. The molecular weight excluding hydrogens is 240 g/mol. The summed E-state index contributed by atoms with van der Waals surface area (Å²) in [5.41, 5.74) is 2.98. The average molecular weight is 258 g/mol. The quantitative estimate of drug-likeness (QED) is 0.845. The molecule has 0 spiro atoms. The van der Waals surface area contributed by atoms with Crippen molar-refractivity contribution < 1.29 is 9.47 Å². The van der Waals surface area contributed by atoms with Crippen molar-refractivity contribution in [2.24, 2.45) is 0 Å². The second kappa shape index (κ2) is 5.69. The van der Waals surface area contributed by atoms with Crippen molar-refractivity contribution in [2.75, 3.05) is 13.7 Å². The first-order valence-corrected chi connectivity index (χ1v) is 6.28. The van der Waals surface area contributed by atoms with Crippen LogP contribution in [0.25, 0.3) is 11.3 Å². The lowest BCUT2D eigenvalue weighted by Gasteiger charge is -2.13. The fraction of sp³-hybridized carbons (Fsp3) is 0.333. The molecule has 0 unspecified atom stereocenters. The minimum atomic E-state index is 0.477. The number of methoxy groups -OCH3 is 1. The topological polar surface area (TPSA) is 44.2 Å². The number of benzene rings is 1. The summed E-state index contributed by atoms with van der Waals surface area (Å²) < 4.78 is 10.9. The van der Waals surface area contributed by atoms with E-state index >= 15 is 0 Å². The third-order valence-electron chi connectivity index (χ3n) is 2.75. The second-order valence-electron chi connectivity index (χ2n) is 4.26. The van der Waals surface area contributed by atoms with Crippen molar-refractivity contribution in [1.29, 1.82) is 0 Å². The van der Waals surface area contributed by atoms with Gasteiger partial charge in [0.2, 0.25) is 5.75 Å².